The number of hydrogen-bond donors (Lipinski definition) is 7. The largest absolute Gasteiger partial charge is 0.457 e. The highest BCUT2D eigenvalue weighted by atomic mass is 16.7. The molecule has 0 bridgehead atoms. The summed E-state index contributed by atoms with van der Waals surface area (Å²) in [6.07, 6.45) is 26.3. The van der Waals surface area contributed by atoms with Gasteiger partial charge in [0.15, 0.2) is 12.6 Å². The van der Waals surface area contributed by atoms with Gasteiger partial charge in [-0.1, -0.05) is 166 Å². The number of allylic oxidation sites excluding steroid dienone is 6. The average molecular weight is 929 g/mol. The maximum atomic E-state index is 13.0. The molecule has 0 aromatic heterocycles. The minimum absolute atomic E-state index is 0.0569. The highest BCUT2D eigenvalue weighted by Gasteiger charge is 2.47. The van der Waals surface area contributed by atoms with Crippen LogP contribution in [0.3, 0.4) is 0 Å². The van der Waals surface area contributed by atoms with Gasteiger partial charge in [0.25, 0.3) is 0 Å². The molecule has 0 saturated carbocycles. The zero-order valence-corrected chi connectivity index (χ0v) is 40.2. The van der Waals surface area contributed by atoms with E-state index in [0.29, 0.717) is 13.0 Å². The Bertz CT molecular complexity index is 1220. The number of aliphatic hydroxyl groups excluding tert-OH is 7. The van der Waals surface area contributed by atoms with Crippen LogP contribution in [0.2, 0.25) is 0 Å². The number of rotatable bonds is 40. The van der Waals surface area contributed by atoms with Crippen LogP contribution in [-0.4, -0.2) is 142 Å². The van der Waals surface area contributed by atoms with Gasteiger partial charge in [0.05, 0.1) is 26.4 Å². The molecular weight excluding hydrogens is 837 g/mol. The molecule has 7 N–H and O–H groups in total. The maximum absolute atomic E-state index is 13.0. The predicted molar refractivity (Wildman–Crippen MR) is 252 cm³/mol. The van der Waals surface area contributed by atoms with Gasteiger partial charge >= 0.3 is 5.97 Å². The molecule has 0 aromatic carbocycles. The number of esters is 1. The molecule has 0 spiro atoms. The van der Waals surface area contributed by atoms with Crippen molar-refractivity contribution in [1.29, 1.82) is 0 Å². The van der Waals surface area contributed by atoms with Crippen molar-refractivity contribution in [2.45, 2.75) is 248 Å². The average Bonchev–Trinajstić information content (AvgIpc) is 3.30. The van der Waals surface area contributed by atoms with E-state index in [2.05, 4.69) is 50.3 Å². The third kappa shape index (κ3) is 27.1. The summed E-state index contributed by atoms with van der Waals surface area (Å²) in [6, 6.07) is 0. The second-order valence-corrected chi connectivity index (χ2v) is 18.0. The number of unbranched alkanes of at least 4 members (excludes halogenated alkanes) is 20. The van der Waals surface area contributed by atoms with E-state index in [4.69, 9.17) is 28.4 Å². The van der Waals surface area contributed by atoms with Crippen LogP contribution in [0.1, 0.15) is 181 Å². The Labute approximate surface area is 391 Å². The van der Waals surface area contributed by atoms with Crippen LogP contribution in [-0.2, 0) is 33.2 Å². The molecule has 0 radical (unpaired) electrons. The van der Waals surface area contributed by atoms with Crippen molar-refractivity contribution in [2.24, 2.45) is 0 Å². The number of carbonyl (C=O) groups excluding carboxylic acids is 1. The minimum Gasteiger partial charge on any atom is -0.457 e. The van der Waals surface area contributed by atoms with Crippen molar-refractivity contribution in [1.82, 2.24) is 0 Å². The Morgan fingerprint density at radius 3 is 1.57 bits per heavy atom. The van der Waals surface area contributed by atoms with Crippen LogP contribution >= 0.6 is 0 Å². The molecular formula is C51H92O14. The molecule has 2 aliphatic rings. The lowest BCUT2D eigenvalue weighted by Gasteiger charge is -2.42. The van der Waals surface area contributed by atoms with Crippen molar-refractivity contribution in [3.63, 3.8) is 0 Å². The Kier molecular flexibility index (Phi) is 35.7. The summed E-state index contributed by atoms with van der Waals surface area (Å²) < 4.78 is 34.3. The molecule has 65 heavy (non-hydrogen) atoms. The fourth-order valence-corrected chi connectivity index (χ4v) is 8.01. The summed E-state index contributed by atoms with van der Waals surface area (Å²) in [5.74, 6) is -0.392. The normalized spacial score (nSPS) is 26.8. The Morgan fingerprint density at radius 2 is 1.00 bits per heavy atom. The molecule has 14 heteroatoms. The Balaban J connectivity index is 1.78. The summed E-state index contributed by atoms with van der Waals surface area (Å²) in [7, 11) is 0. The fraction of sp³-hybridized carbons (Fsp3) is 0.863. The highest BCUT2D eigenvalue weighted by Crippen LogP contribution is 2.26. The third-order valence-electron chi connectivity index (χ3n) is 12.2. The van der Waals surface area contributed by atoms with Gasteiger partial charge in [0.2, 0.25) is 0 Å². The first-order valence-electron chi connectivity index (χ1n) is 25.6. The Morgan fingerprint density at radius 1 is 0.523 bits per heavy atom. The van der Waals surface area contributed by atoms with Gasteiger partial charge in [-0.3, -0.25) is 4.79 Å². The van der Waals surface area contributed by atoms with E-state index in [1.165, 1.54) is 83.5 Å². The van der Waals surface area contributed by atoms with Gasteiger partial charge in [-0.2, -0.15) is 0 Å². The van der Waals surface area contributed by atoms with Crippen molar-refractivity contribution >= 4 is 5.97 Å². The van der Waals surface area contributed by atoms with Gasteiger partial charge in [-0.05, 0) is 44.9 Å². The van der Waals surface area contributed by atoms with E-state index in [1.54, 1.807) is 0 Å². The molecule has 2 aliphatic heterocycles. The maximum Gasteiger partial charge on any atom is 0.306 e. The van der Waals surface area contributed by atoms with E-state index in [-0.39, 0.29) is 19.6 Å². The quantitative estimate of drug-likeness (QED) is 0.0181. The lowest BCUT2D eigenvalue weighted by molar-refractivity contribution is -0.332. The SMILES string of the molecule is CC/C=C\C/C=C\C/C=C\CCCCCCCC(=O)OC(COCCCCCCCCCCCCCCCCCC)COC1OC(COC2OC(CO)C(O)C(O)C2O)C(O)C(O)C1O. The monoisotopic (exact) mass is 929 g/mol. The standard InChI is InChI=1S/C51H92O14/c1-3-5-7-9-11-13-15-17-19-21-23-25-27-29-31-33-35-60-37-40(63-43(53)34-32-30-28-26-24-22-20-18-16-14-12-10-8-6-4-2)38-61-50-49(59)47(57)45(55)42(65-50)39-62-51-48(58)46(56)44(54)41(36-52)64-51/h6,8,12,14,18,20,40-42,44-52,54-59H,3-5,7,9-11,13,15-17,19,21-39H2,1-2H3/b8-6-,14-12-,20-18-. The second kappa shape index (κ2) is 39.1. The van der Waals surface area contributed by atoms with Crippen molar-refractivity contribution in [3.05, 3.63) is 36.5 Å². The van der Waals surface area contributed by atoms with Gasteiger partial charge in [0, 0.05) is 13.0 Å². The van der Waals surface area contributed by atoms with Gasteiger partial charge in [-0.25, -0.2) is 0 Å². The lowest BCUT2D eigenvalue weighted by atomic mass is 9.98. The first-order chi connectivity index (χ1) is 31.6. The molecule has 2 heterocycles. The molecule has 14 nitrogen and oxygen atoms in total. The first-order valence-corrected chi connectivity index (χ1v) is 25.6. The smallest absolute Gasteiger partial charge is 0.306 e. The van der Waals surface area contributed by atoms with Crippen molar-refractivity contribution < 1.29 is 69.0 Å². The van der Waals surface area contributed by atoms with Crippen molar-refractivity contribution in [3.8, 4) is 0 Å². The highest BCUT2D eigenvalue weighted by molar-refractivity contribution is 5.69. The summed E-state index contributed by atoms with van der Waals surface area (Å²) >= 11 is 0. The molecule has 0 aliphatic carbocycles. The second-order valence-electron chi connectivity index (χ2n) is 18.0. The summed E-state index contributed by atoms with van der Waals surface area (Å²) in [6.45, 7) is 3.57. The molecule has 11 atom stereocenters. The van der Waals surface area contributed by atoms with E-state index in [0.717, 1.165) is 70.6 Å². The lowest BCUT2D eigenvalue weighted by Crippen LogP contribution is -2.61. The Hall–Kier alpha value is -1.79. The molecule has 11 unspecified atom stereocenters. The molecule has 0 aromatic rings. The van der Waals surface area contributed by atoms with Gasteiger partial charge < -0.3 is 64.2 Å². The molecule has 380 valence electrons. The molecule has 2 rings (SSSR count). The number of hydrogen-bond acceptors (Lipinski definition) is 14. The first kappa shape index (κ1) is 59.3. The van der Waals surface area contributed by atoms with Crippen LogP contribution in [0, 0.1) is 0 Å². The third-order valence-corrected chi connectivity index (χ3v) is 12.2. The van der Waals surface area contributed by atoms with Crippen LogP contribution in [0.15, 0.2) is 36.5 Å². The zero-order chi connectivity index (χ0) is 47.3. The summed E-state index contributed by atoms with van der Waals surface area (Å²) in [4.78, 5) is 13.0. The molecule has 2 fully saturated rings. The summed E-state index contributed by atoms with van der Waals surface area (Å²) in [5, 5.41) is 72.1. The number of aliphatic hydroxyl groups is 7. The number of carbonyl (C=O) groups is 1. The van der Waals surface area contributed by atoms with Crippen molar-refractivity contribution in [2.75, 3.05) is 33.0 Å². The summed E-state index contributed by atoms with van der Waals surface area (Å²) in [5.41, 5.74) is 0. The minimum atomic E-state index is -1.71. The van der Waals surface area contributed by atoms with Crippen LogP contribution in [0.5, 0.6) is 0 Å². The van der Waals surface area contributed by atoms with E-state index >= 15 is 0 Å². The zero-order valence-electron chi connectivity index (χ0n) is 40.2. The molecule has 2 saturated heterocycles. The van der Waals surface area contributed by atoms with Crippen LogP contribution in [0.4, 0.5) is 0 Å². The fourth-order valence-electron chi connectivity index (χ4n) is 8.01. The van der Waals surface area contributed by atoms with Crippen LogP contribution < -0.4 is 0 Å². The van der Waals surface area contributed by atoms with E-state index < -0.39 is 86.7 Å². The van der Waals surface area contributed by atoms with Gasteiger partial charge in [0.1, 0.15) is 54.9 Å². The van der Waals surface area contributed by atoms with E-state index in [9.17, 15) is 40.5 Å². The van der Waals surface area contributed by atoms with Crippen LogP contribution in [0.25, 0.3) is 0 Å². The predicted octanol–water partition coefficient (Wildman–Crippen LogP) is 7.41. The van der Waals surface area contributed by atoms with E-state index in [1.807, 2.05) is 0 Å². The topological polar surface area (TPSA) is 214 Å². The number of ether oxygens (including phenoxy) is 6. The van der Waals surface area contributed by atoms with Gasteiger partial charge in [-0.15, -0.1) is 0 Å². The molecule has 0 amide bonds.